The van der Waals surface area contributed by atoms with Crippen LogP contribution in [0.25, 0.3) is 10.9 Å². The molecule has 3 aliphatic heterocycles. The van der Waals surface area contributed by atoms with Gasteiger partial charge >= 0.3 is 0 Å². The minimum atomic E-state index is -1.35. The van der Waals surface area contributed by atoms with Gasteiger partial charge in [-0.1, -0.05) is 35.9 Å². The van der Waals surface area contributed by atoms with E-state index in [0.717, 1.165) is 33.2 Å². The molecule has 0 unspecified atom stereocenters. The normalized spacial score (nSPS) is 25.5. The fourth-order valence-electron chi connectivity index (χ4n) is 6.96. The van der Waals surface area contributed by atoms with Gasteiger partial charge in [0, 0.05) is 34.4 Å². The van der Waals surface area contributed by atoms with E-state index >= 15 is 0 Å². The molecule has 0 bridgehead atoms. The number of carbonyl (C=O) groups excluding carboxylic acids is 3. The van der Waals surface area contributed by atoms with Gasteiger partial charge in [0.25, 0.3) is 0 Å². The molecule has 1 spiro atoms. The summed E-state index contributed by atoms with van der Waals surface area (Å²) in [5, 5.41) is 7.67. The quantitative estimate of drug-likeness (QED) is 0.354. The maximum absolute atomic E-state index is 14.2. The van der Waals surface area contributed by atoms with Crippen molar-refractivity contribution in [3.63, 3.8) is 0 Å². The predicted molar refractivity (Wildman–Crippen MR) is 148 cm³/mol. The van der Waals surface area contributed by atoms with Gasteiger partial charge in [0.2, 0.25) is 17.7 Å². The number of aromatic nitrogens is 1. The van der Waals surface area contributed by atoms with E-state index in [-0.39, 0.29) is 17.7 Å². The number of methoxy groups -OCH3 is 1. The molecule has 2 fully saturated rings. The molecule has 2 saturated heterocycles. The van der Waals surface area contributed by atoms with Gasteiger partial charge in [-0.3, -0.25) is 19.7 Å². The van der Waals surface area contributed by atoms with Crippen LogP contribution in [0.2, 0.25) is 0 Å². The number of hydrogen-bond acceptors (Lipinski definition) is 5. The molecule has 3 amide bonds. The number of nitrogens with zero attached hydrogens (tertiary/aromatic N) is 1. The fraction of sp³-hybridized carbons (Fsp3) is 0.258. The number of ether oxygens (including phenoxy) is 1. The third-order valence-corrected chi connectivity index (χ3v) is 8.61. The number of H-pyrrole nitrogens is 1. The number of hydrogen-bond donors (Lipinski definition) is 3. The lowest BCUT2D eigenvalue weighted by Crippen LogP contribution is -2.53. The van der Waals surface area contributed by atoms with E-state index in [1.807, 2.05) is 56.4 Å². The summed E-state index contributed by atoms with van der Waals surface area (Å²) in [6.45, 7) is 3.93. The van der Waals surface area contributed by atoms with Crippen molar-refractivity contribution >= 4 is 40.0 Å². The van der Waals surface area contributed by atoms with Crippen molar-refractivity contribution in [3.8, 4) is 5.75 Å². The first-order chi connectivity index (χ1) is 18.8. The molecule has 4 atom stereocenters. The van der Waals surface area contributed by atoms with Crippen molar-refractivity contribution in [2.75, 3.05) is 17.3 Å². The topological polar surface area (TPSA) is 104 Å². The maximum Gasteiger partial charge on any atom is 0.250 e. The molecule has 8 nitrogen and oxygen atoms in total. The zero-order valence-corrected chi connectivity index (χ0v) is 21.9. The summed E-state index contributed by atoms with van der Waals surface area (Å²) in [5.41, 5.74) is 4.53. The summed E-state index contributed by atoms with van der Waals surface area (Å²) in [6, 6.07) is 18.4. The van der Waals surface area contributed by atoms with Crippen LogP contribution < -0.4 is 20.3 Å². The van der Waals surface area contributed by atoms with Crippen LogP contribution in [-0.4, -0.2) is 35.9 Å². The highest BCUT2D eigenvalue weighted by molar-refractivity contribution is 6.26. The lowest BCUT2D eigenvalue weighted by molar-refractivity contribution is -0.130. The van der Waals surface area contributed by atoms with E-state index in [2.05, 4.69) is 15.6 Å². The van der Waals surface area contributed by atoms with Crippen LogP contribution in [0, 0.1) is 25.7 Å². The molecular formula is C31H28N4O4. The van der Waals surface area contributed by atoms with Crippen LogP contribution in [0.3, 0.4) is 0 Å². The summed E-state index contributed by atoms with van der Waals surface area (Å²) >= 11 is 0. The van der Waals surface area contributed by atoms with Crippen LogP contribution in [0.5, 0.6) is 5.75 Å². The number of benzene rings is 3. The van der Waals surface area contributed by atoms with Gasteiger partial charge in [0.1, 0.15) is 11.3 Å². The van der Waals surface area contributed by atoms with E-state index in [1.54, 1.807) is 31.4 Å². The van der Waals surface area contributed by atoms with E-state index in [0.29, 0.717) is 23.5 Å². The lowest BCUT2D eigenvalue weighted by Gasteiger charge is -2.30. The number of aromatic amines is 1. The van der Waals surface area contributed by atoms with Gasteiger partial charge < -0.3 is 15.0 Å². The number of para-hydroxylation sites is 1. The number of anilines is 2. The molecular weight excluding hydrogens is 492 g/mol. The molecule has 3 aromatic carbocycles. The maximum atomic E-state index is 14.2. The molecule has 4 aromatic rings. The van der Waals surface area contributed by atoms with Crippen molar-refractivity contribution in [1.82, 2.24) is 10.3 Å². The number of carbonyl (C=O) groups is 3. The molecule has 8 heteroatoms. The van der Waals surface area contributed by atoms with Crippen molar-refractivity contribution in [3.05, 3.63) is 89.1 Å². The SMILES string of the molecule is COc1ccc(N2C(=O)[C@@H]3[C@H](Cc4c[nH]c5ccccc45)N[C@@]4(C(=O)Nc5c(C)cc(C)cc54)[C@@H]3C2=O)cc1. The molecule has 3 N–H and O–H groups in total. The van der Waals surface area contributed by atoms with Crippen LogP contribution >= 0.6 is 0 Å². The van der Waals surface area contributed by atoms with E-state index in [1.165, 1.54) is 4.90 Å². The van der Waals surface area contributed by atoms with Crippen molar-refractivity contribution in [1.29, 1.82) is 0 Å². The molecule has 0 aliphatic carbocycles. The third-order valence-electron chi connectivity index (χ3n) is 8.61. The Bertz CT molecular complexity index is 1690. The Labute approximate surface area is 225 Å². The number of nitrogens with one attached hydrogen (secondary N) is 3. The highest BCUT2D eigenvalue weighted by Crippen LogP contribution is 2.54. The average Bonchev–Trinajstić information content (AvgIpc) is 3.64. The summed E-state index contributed by atoms with van der Waals surface area (Å²) in [7, 11) is 1.57. The Balaban J connectivity index is 1.38. The van der Waals surface area contributed by atoms with Crippen LogP contribution in [0.15, 0.2) is 66.9 Å². The first kappa shape index (κ1) is 23.7. The molecule has 0 saturated carbocycles. The Morgan fingerprint density at radius 3 is 2.51 bits per heavy atom. The largest absolute Gasteiger partial charge is 0.497 e. The number of rotatable bonds is 4. The fourth-order valence-corrected chi connectivity index (χ4v) is 6.96. The Morgan fingerprint density at radius 1 is 0.974 bits per heavy atom. The number of imide groups is 1. The van der Waals surface area contributed by atoms with Gasteiger partial charge in [0.05, 0.1) is 24.6 Å². The minimum absolute atomic E-state index is 0.291. The van der Waals surface area contributed by atoms with Gasteiger partial charge in [-0.15, -0.1) is 0 Å². The summed E-state index contributed by atoms with van der Waals surface area (Å²) in [5.74, 6) is -1.93. The number of aryl methyl sites for hydroxylation is 2. The number of amides is 3. The first-order valence-corrected chi connectivity index (χ1v) is 13.1. The van der Waals surface area contributed by atoms with Crippen LogP contribution in [0.1, 0.15) is 22.3 Å². The standard InChI is InChI=1S/C31H28N4O4/c1-16-12-17(2)27-22(13-16)31(30(38)33-27)26-25(24(34-31)14-18-15-32-23-7-5-4-6-21(18)23)28(36)35(29(26)37)19-8-10-20(39-3)11-9-19/h4-13,15,24-26,32,34H,14H2,1-3H3,(H,33,38)/t24-,25+,26-,31+/m0/s1. The molecule has 1 aromatic heterocycles. The Morgan fingerprint density at radius 2 is 1.74 bits per heavy atom. The molecule has 7 rings (SSSR count). The average molecular weight is 521 g/mol. The van der Waals surface area contributed by atoms with Gasteiger partial charge in [-0.05, 0) is 61.7 Å². The van der Waals surface area contributed by atoms with Crippen molar-refractivity contribution < 1.29 is 19.1 Å². The Hall–Kier alpha value is -4.43. The molecule has 196 valence electrons. The smallest absolute Gasteiger partial charge is 0.250 e. The summed E-state index contributed by atoms with van der Waals surface area (Å²) in [4.78, 5) is 46.9. The predicted octanol–water partition coefficient (Wildman–Crippen LogP) is 3.96. The van der Waals surface area contributed by atoms with Crippen molar-refractivity contribution in [2.24, 2.45) is 11.8 Å². The summed E-state index contributed by atoms with van der Waals surface area (Å²) < 4.78 is 5.27. The van der Waals surface area contributed by atoms with Crippen LogP contribution in [-0.2, 0) is 26.3 Å². The molecule has 3 aliphatic rings. The zero-order chi connectivity index (χ0) is 27.1. The summed E-state index contributed by atoms with van der Waals surface area (Å²) in [6.07, 6.45) is 2.43. The van der Waals surface area contributed by atoms with Crippen molar-refractivity contribution in [2.45, 2.75) is 31.8 Å². The van der Waals surface area contributed by atoms with Gasteiger partial charge in [-0.2, -0.15) is 0 Å². The number of fused-ring (bicyclic) bond motifs is 5. The Kier molecular flexibility index (Phi) is 5.03. The molecule has 39 heavy (non-hydrogen) atoms. The zero-order valence-electron chi connectivity index (χ0n) is 21.9. The van der Waals surface area contributed by atoms with E-state index in [4.69, 9.17) is 4.74 Å². The second-order valence-electron chi connectivity index (χ2n) is 10.8. The minimum Gasteiger partial charge on any atom is -0.497 e. The van der Waals surface area contributed by atoms with E-state index in [9.17, 15) is 14.4 Å². The van der Waals surface area contributed by atoms with Gasteiger partial charge in [-0.25, -0.2) is 4.90 Å². The second kappa shape index (κ2) is 8.28. The molecule has 0 radical (unpaired) electrons. The third kappa shape index (κ3) is 3.18. The second-order valence-corrected chi connectivity index (χ2v) is 10.8. The lowest BCUT2D eigenvalue weighted by atomic mass is 9.75. The monoisotopic (exact) mass is 520 g/mol. The highest BCUT2D eigenvalue weighted by Gasteiger charge is 2.70. The van der Waals surface area contributed by atoms with E-state index < -0.39 is 23.4 Å². The molecule has 4 heterocycles. The van der Waals surface area contributed by atoms with Crippen LogP contribution in [0.4, 0.5) is 11.4 Å². The first-order valence-electron chi connectivity index (χ1n) is 13.1. The highest BCUT2D eigenvalue weighted by atomic mass is 16.5. The van der Waals surface area contributed by atoms with Gasteiger partial charge in [0.15, 0.2) is 0 Å².